The van der Waals surface area contributed by atoms with Crippen LogP contribution in [0.2, 0.25) is 0 Å². The number of carbonyl (C=O) groups is 3. The molecule has 1 spiro atoms. The van der Waals surface area contributed by atoms with Crippen molar-refractivity contribution in [3.8, 4) is 5.69 Å². The van der Waals surface area contributed by atoms with E-state index in [1.165, 1.54) is 11.0 Å². The molecule has 4 amide bonds. The van der Waals surface area contributed by atoms with E-state index in [0.717, 1.165) is 29.8 Å². The summed E-state index contributed by atoms with van der Waals surface area (Å²) in [5.41, 5.74) is 0.434. The van der Waals surface area contributed by atoms with E-state index in [1.54, 1.807) is 24.3 Å². The summed E-state index contributed by atoms with van der Waals surface area (Å²) in [5.74, 6) is -0.669. The first-order valence-corrected chi connectivity index (χ1v) is 9.27. The fraction of sp³-hybridized carbons (Fsp3) is 0.444. The molecule has 0 unspecified atom stereocenters. The summed E-state index contributed by atoms with van der Waals surface area (Å²) in [6.07, 6.45) is 4.92. The van der Waals surface area contributed by atoms with Gasteiger partial charge in [-0.05, 0) is 53.5 Å². The Bertz CT molecular complexity index is 896. The number of hydrogen-bond donors (Lipinski definition) is 2. The molecule has 2 aromatic rings. The van der Waals surface area contributed by atoms with Crippen LogP contribution in [0.3, 0.4) is 0 Å². The predicted molar refractivity (Wildman–Crippen MR) is 98.4 cm³/mol. The summed E-state index contributed by atoms with van der Waals surface area (Å²) < 4.78 is 1.49. The smallest absolute Gasteiger partial charge is 0.325 e. The van der Waals surface area contributed by atoms with Crippen molar-refractivity contribution in [3.05, 3.63) is 30.6 Å². The number of benzene rings is 1. The van der Waals surface area contributed by atoms with Gasteiger partial charge in [0.2, 0.25) is 5.91 Å². The van der Waals surface area contributed by atoms with Crippen molar-refractivity contribution in [1.29, 1.82) is 0 Å². The Labute approximate surface area is 161 Å². The number of imide groups is 1. The Kier molecular flexibility index (Phi) is 4.54. The van der Waals surface area contributed by atoms with Gasteiger partial charge in [-0.25, -0.2) is 9.48 Å². The maximum atomic E-state index is 12.9. The lowest BCUT2D eigenvalue weighted by atomic mass is 9.73. The molecule has 2 aliphatic rings. The van der Waals surface area contributed by atoms with Crippen LogP contribution in [0, 0.1) is 5.92 Å². The van der Waals surface area contributed by atoms with Gasteiger partial charge in [-0.1, -0.05) is 19.8 Å². The molecule has 2 N–H and O–H groups in total. The highest BCUT2D eigenvalue weighted by Crippen LogP contribution is 2.38. The van der Waals surface area contributed by atoms with Gasteiger partial charge in [0.05, 0.1) is 5.69 Å². The van der Waals surface area contributed by atoms with Crippen LogP contribution in [-0.2, 0) is 9.59 Å². The topological polar surface area (TPSA) is 122 Å². The van der Waals surface area contributed by atoms with Gasteiger partial charge in [0.15, 0.2) is 0 Å². The monoisotopic (exact) mass is 383 g/mol. The van der Waals surface area contributed by atoms with Crippen molar-refractivity contribution in [2.75, 3.05) is 11.9 Å². The lowest BCUT2D eigenvalue weighted by Gasteiger charge is -2.36. The van der Waals surface area contributed by atoms with Crippen LogP contribution in [0.15, 0.2) is 30.6 Å². The molecule has 2 atom stereocenters. The molecule has 1 aromatic heterocycles. The first kappa shape index (κ1) is 18.1. The van der Waals surface area contributed by atoms with E-state index in [-0.39, 0.29) is 18.4 Å². The highest BCUT2D eigenvalue weighted by molar-refractivity contribution is 6.10. The molecule has 28 heavy (non-hydrogen) atoms. The molecule has 4 rings (SSSR count). The Morgan fingerprint density at radius 2 is 2.07 bits per heavy atom. The highest BCUT2D eigenvalue weighted by Gasteiger charge is 2.55. The number of hydrogen-bond acceptors (Lipinski definition) is 6. The average molecular weight is 383 g/mol. The largest absolute Gasteiger partial charge is 0.325 e. The average Bonchev–Trinajstić information content (AvgIpc) is 3.29. The summed E-state index contributed by atoms with van der Waals surface area (Å²) in [4.78, 5) is 38.7. The van der Waals surface area contributed by atoms with Crippen molar-refractivity contribution in [2.45, 2.75) is 38.1 Å². The first-order chi connectivity index (χ1) is 13.5. The van der Waals surface area contributed by atoms with E-state index in [0.29, 0.717) is 12.1 Å². The lowest BCUT2D eigenvalue weighted by Crippen LogP contribution is -2.54. The Balaban J connectivity index is 1.41. The van der Waals surface area contributed by atoms with Gasteiger partial charge in [-0.3, -0.25) is 14.5 Å². The van der Waals surface area contributed by atoms with E-state index in [1.807, 2.05) is 6.92 Å². The second-order valence-corrected chi connectivity index (χ2v) is 7.29. The maximum absolute atomic E-state index is 12.9. The zero-order chi connectivity index (χ0) is 19.7. The van der Waals surface area contributed by atoms with Crippen LogP contribution in [0.4, 0.5) is 10.5 Å². The standard InChI is InChI=1S/C18H21N7O3/c1-12-4-2-3-9-18(12)16(27)24(17(28)21-18)10-15(26)20-13-5-7-14(8-6-13)25-11-19-22-23-25/h5-8,11-12H,2-4,9-10H2,1H3,(H,20,26)(H,21,28)/t12-,18+/m0/s1. The van der Waals surface area contributed by atoms with E-state index in [2.05, 4.69) is 26.2 Å². The molecule has 1 saturated carbocycles. The quantitative estimate of drug-likeness (QED) is 0.763. The van der Waals surface area contributed by atoms with Crippen molar-refractivity contribution in [3.63, 3.8) is 0 Å². The summed E-state index contributed by atoms with van der Waals surface area (Å²) in [6.45, 7) is 1.67. The second-order valence-electron chi connectivity index (χ2n) is 7.29. The third-order valence-corrected chi connectivity index (χ3v) is 5.57. The maximum Gasteiger partial charge on any atom is 0.325 e. The third-order valence-electron chi connectivity index (χ3n) is 5.57. The van der Waals surface area contributed by atoms with Crippen molar-refractivity contribution < 1.29 is 14.4 Å². The fourth-order valence-electron chi connectivity index (χ4n) is 3.96. The van der Waals surface area contributed by atoms with Gasteiger partial charge in [-0.15, -0.1) is 5.10 Å². The highest BCUT2D eigenvalue weighted by atomic mass is 16.2. The predicted octanol–water partition coefficient (Wildman–Crippen LogP) is 1.10. The van der Waals surface area contributed by atoms with Crippen molar-refractivity contribution >= 4 is 23.5 Å². The van der Waals surface area contributed by atoms with Gasteiger partial charge in [0.1, 0.15) is 18.4 Å². The first-order valence-electron chi connectivity index (χ1n) is 9.27. The van der Waals surface area contributed by atoms with E-state index in [9.17, 15) is 14.4 Å². The van der Waals surface area contributed by atoms with Crippen LogP contribution in [0.25, 0.3) is 5.69 Å². The number of nitrogens with one attached hydrogen (secondary N) is 2. The number of aromatic nitrogens is 4. The zero-order valence-electron chi connectivity index (χ0n) is 15.5. The number of nitrogens with zero attached hydrogens (tertiary/aromatic N) is 5. The van der Waals surface area contributed by atoms with Crippen LogP contribution in [0.5, 0.6) is 0 Å². The van der Waals surface area contributed by atoms with Crippen molar-refractivity contribution in [2.24, 2.45) is 5.92 Å². The van der Waals surface area contributed by atoms with E-state index < -0.39 is 17.5 Å². The Morgan fingerprint density at radius 1 is 1.29 bits per heavy atom. The molecule has 10 nitrogen and oxygen atoms in total. The van der Waals surface area contributed by atoms with E-state index >= 15 is 0 Å². The third kappa shape index (κ3) is 3.10. The second kappa shape index (κ2) is 7.02. The molecule has 2 heterocycles. The lowest BCUT2D eigenvalue weighted by molar-refractivity contribution is -0.136. The minimum absolute atomic E-state index is 0.0598. The Morgan fingerprint density at radius 3 is 2.75 bits per heavy atom. The number of carbonyl (C=O) groups excluding carboxylic acids is 3. The molecule has 10 heteroatoms. The molecule has 0 bridgehead atoms. The van der Waals surface area contributed by atoms with Crippen LogP contribution >= 0.6 is 0 Å². The molecular weight excluding hydrogens is 362 g/mol. The van der Waals surface area contributed by atoms with Crippen LogP contribution in [0.1, 0.15) is 32.6 Å². The zero-order valence-corrected chi connectivity index (χ0v) is 15.5. The molecule has 1 aliphatic carbocycles. The summed E-state index contributed by atoms with van der Waals surface area (Å²) >= 11 is 0. The SMILES string of the molecule is C[C@H]1CCCC[C@@]12NC(=O)N(CC(=O)Nc1ccc(-n3cnnn3)cc1)C2=O. The van der Waals surface area contributed by atoms with Crippen LogP contribution < -0.4 is 10.6 Å². The molecule has 1 aromatic carbocycles. The molecule has 2 fully saturated rings. The van der Waals surface area contributed by atoms with Gasteiger partial charge in [0, 0.05) is 5.69 Å². The minimum Gasteiger partial charge on any atom is -0.325 e. The number of anilines is 1. The number of amides is 4. The van der Waals surface area contributed by atoms with E-state index in [4.69, 9.17) is 0 Å². The van der Waals surface area contributed by atoms with Gasteiger partial charge < -0.3 is 10.6 Å². The molecule has 1 saturated heterocycles. The number of urea groups is 1. The summed E-state index contributed by atoms with van der Waals surface area (Å²) in [6, 6.07) is 6.40. The van der Waals surface area contributed by atoms with Crippen molar-refractivity contribution in [1.82, 2.24) is 30.4 Å². The molecule has 0 radical (unpaired) electrons. The fourth-order valence-corrected chi connectivity index (χ4v) is 3.96. The minimum atomic E-state index is -0.858. The summed E-state index contributed by atoms with van der Waals surface area (Å²) in [7, 11) is 0. The molecule has 1 aliphatic heterocycles. The number of tetrazole rings is 1. The van der Waals surface area contributed by atoms with Gasteiger partial charge in [-0.2, -0.15) is 0 Å². The normalized spacial score (nSPS) is 24.5. The van der Waals surface area contributed by atoms with Crippen LogP contribution in [-0.4, -0.2) is 55.0 Å². The number of rotatable bonds is 4. The molecular formula is C18H21N7O3. The van der Waals surface area contributed by atoms with Gasteiger partial charge in [0.25, 0.3) is 5.91 Å². The summed E-state index contributed by atoms with van der Waals surface area (Å²) in [5, 5.41) is 16.5. The van der Waals surface area contributed by atoms with Gasteiger partial charge >= 0.3 is 6.03 Å². The molecule has 146 valence electrons. The Hall–Kier alpha value is -3.30.